The van der Waals surface area contributed by atoms with Gasteiger partial charge in [0.05, 0.1) is 5.52 Å². The van der Waals surface area contributed by atoms with E-state index in [1.54, 1.807) is 0 Å². The van der Waals surface area contributed by atoms with Crippen LogP contribution in [0.1, 0.15) is 5.69 Å². The molecular formula is C10H5F4N. The van der Waals surface area contributed by atoms with Crippen LogP contribution in [0.25, 0.3) is 10.9 Å². The third-order valence-corrected chi connectivity index (χ3v) is 1.97. The minimum atomic E-state index is -4.50. The molecule has 0 atom stereocenters. The summed E-state index contributed by atoms with van der Waals surface area (Å²) in [4.78, 5) is 3.34. The summed E-state index contributed by atoms with van der Waals surface area (Å²) in [7, 11) is 0. The smallest absolute Gasteiger partial charge is 0.243 e. The molecule has 0 saturated carbocycles. The summed E-state index contributed by atoms with van der Waals surface area (Å²) >= 11 is 0. The van der Waals surface area contributed by atoms with Crippen molar-refractivity contribution >= 4 is 10.9 Å². The van der Waals surface area contributed by atoms with Gasteiger partial charge in [0.25, 0.3) is 0 Å². The van der Waals surface area contributed by atoms with E-state index >= 15 is 0 Å². The van der Waals surface area contributed by atoms with E-state index in [2.05, 4.69) is 4.98 Å². The molecule has 15 heavy (non-hydrogen) atoms. The van der Waals surface area contributed by atoms with Crippen LogP contribution in [0.2, 0.25) is 0 Å². The molecule has 0 bridgehead atoms. The average molecular weight is 215 g/mol. The van der Waals surface area contributed by atoms with Crippen molar-refractivity contribution in [1.82, 2.24) is 4.98 Å². The Morgan fingerprint density at radius 2 is 1.73 bits per heavy atom. The van der Waals surface area contributed by atoms with E-state index in [-0.39, 0.29) is 10.9 Å². The molecule has 0 aliphatic heterocycles. The average Bonchev–Trinajstić information content (AvgIpc) is 2.16. The number of pyridine rings is 1. The third-order valence-electron chi connectivity index (χ3n) is 1.97. The lowest BCUT2D eigenvalue weighted by molar-refractivity contribution is -0.140. The molecule has 0 fully saturated rings. The van der Waals surface area contributed by atoms with Crippen molar-refractivity contribution in [3.8, 4) is 0 Å². The normalized spacial score (nSPS) is 12.0. The molecule has 1 aromatic heterocycles. The molecule has 0 radical (unpaired) electrons. The van der Waals surface area contributed by atoms with Gasteiger partial charge in [-0.15, -0.1) is 0 Å². The third kappa shape index (κ3) is 1.77. The highest BCUT2D eigenvalue weighted by Crippen LogP contribution is 2.29. The van der Waals surface area contributed by atoms with Gasteiger partial charge in [-0.25, -0.2) is 9.37 Å². The molecular weight excluding hydrogens is 210 g/mol. The van der Waals surface area contributed by atoms with Gasteiger partial charge in [-0.3, -0.25) is 0 Å². The number of hydrogen-bond acceptors (Lipinski definition) is 1. The number of alkyl halides is 3. The summed E-state index contributed by atoms with van der Waals surface area (Å²) in [6, 6.07) is 5.70. The van der Waals surface area contributed by atoms with Gasteiger partial charge in [-0.05, 0) is 24.3 Å². The van der Waals surface area contributed by atoms with Gasteiger partial charge in [-0.1, -0.05) is 6.07 Å². The first-order valence-corrected chi connectivity index (χ1v) is 4.11. The second-order valence-electron chi connectivity index (χ2n) is 3.00. The van der Waals surface area contributed by atoms with Crippen LogP contribution in [0.4, 0.5) is 17.6 Å². The van der Waals surface area contributed by atoms with E-state index in [9.17, 15) is 17.6 Å². The maximum absolute atomic E-state index is 13.1. The highest BCUT2D eigenvalue weighted by atomic mass is 19.4. The quantitative estimate of drug-likeness (QED) is 0.614. The predicted octanol–water partition coefficient (Wildman–Crippen LogP) is 3.39. The molecule has 0 N–H and O–H groups in total. The van der Waals surface area contributed by atoms with Gasteiger partial charge in [0, 0.05) is 5.39 Å². The summed E-state index contributed by atoms with van der Waals surface area (Å²) in [5, 5.41) is 0.0884. The van der Waals surface area contributed by atoms with E-state index in [0.29, 0.717) is 0 Å². The first-order chi connectivity index (χ1) is 6.98. The number of rotatable bonds is 0. The van der Waals surface area contributed by atoms with Gasteiger partial charge < -0.3 is 0 Å². The highest BCUT2D eigenvalue weighted by molar-refractivity contribution is 5.79. The zero-order valence-electron chi connectivity index (χ0n) is 7.35. The number of halogens is 4. The van der Waals surface area contributed by atoms with Crippen LogP contribution in [0.15, 0.2) is 30.3 Å². The lowest BCUT2D eigenvalue weighted by atomic mass is 10.2. The molecule has 0 spiro atoms. The van der Waals surface area contributed by atoms with Crippen LogP contribution in [0, 0.1) is 5.82 Å². The van der Waals surface area contributed by atoms with Crippen LogP contribution in [0.3, 0.4) is 0 Å². The molecule has 1 nitrogen and oxygen atoms in total. The zero-order valence-corrected chi connectivity index (χ0v) is 7.35. The van der Waals surface area contributed by atoms with Crippen molar-refractivity contribution in [3.05, 3.63) is 41.8 Å². The van der Waals surface area contributed by atoms with Crippen LogP contribution in [-0.2, 0) is 6.18 Å². The fraction of sp³-hybridized carbons (Fsp3) is 0.100. The Hall–Kier alpha value is -1.65. The monoisotopic (exact) mass is 215 g/mol. The van der Waals surface area contributed by atoms with Crippen molar-refractivity contribution < 1.29 is 17.6 Å². The van der Waals surface area contributed by atoms with E-state index in [4.69, 9.17) is 0 Å². The topological polar surface area (TPSA) is 12.9 Å². The summed E-state index contributed by atoms with van der Waals surface area (Å²) < 4.78 is 49.9. The minimum Gasteiger partial charge on any atom is -0.243 e. The molecule has 2 aromatic rings. The molecule has 0 saturated heterocycles. The molecule has 1 heterocycles. The first kappa shape index (κ1) is 9.89. The Morgan fingerprint density at radius 3 is 2.40 bits per heavy atom. The maximum Gasteiger partial charge on any atom is 0.433 e. The second-order valence-corrected chi connectivity index (χ2v) is 3.00. The lowest BCUT2D eigenvalue weighted by Crippen LogP contribution is -2.07. The summed E-state index contributed by atoms with van der Waals surface area (Å²) in [6.07, 6.45) is -4.50. The molecule has 1 aromatic carbocycles. The van der Waals surface area contributed by atoms with Crippen molar-refractivity contribution in [2.75, 3.05) is 0 Å². The number of nitrogens with zero attached hydrogens (tertiary/aromatic N) is 1. The van der Waals surface area contributed by atoms with E-state index in [1.165, 1.54) is 18.2 Å². The Kier molecular flexibility index (Phi) is 2.10. The van der Waals surface area contributed by atoms with Gasteiger partial charge >= 0.3 is 6.18 Å². The SMILES string of the molecule is Fc1cccc2nc(C(F)(F)F)ccc12. The molecule has 78 valence electrons. The van der Waals surface area contributed by atoms with E-state index in [1.807, 2.05) is 0 Å². The fourth-order valence-corrected chi connectivity index (χ4v) is 1.28. The van der Waals surface area contributed by atoms with Crippen LogP contribution in [-0.4, -0.2) is 4.98 Å². The summed E-state index contributed by atoms with van der Waals surface area (Å²) in [5.74, 6) is -0.575. The zero-order chi connectivity index (χ0) is 11.1. The number of fused-ring (bicyclic) bond motifs is 1. The van der Waals surface area contributed by atoms with Crippen LogP contribution in [0.5, 0.6) is 0 Å². The minimum absolute atomic E-state index is 0.00447. The highest BCUT2D eigenvalue weighted by Gasteiger charge is 2.32. The fourth-order valence-electron chi connectivity index (χ4n) is 1.28. The van der Waals surface area contributed by atoms with E-state index < -0.39 is 17.7 Å². The number of benzene rings is 1. The lowest BCUT2D eigenvalue weighted by Gasteiger charge is -2.06. The summed E-state index contributed by atoms with van der Waals surface area (Å²) in [6.45, 7) is 0. The molecule has 0 amide bonds. The Labute approximate surface area is 82.4 Å². The number of hydrogen-bond donors (Lipinski definition) is 0. The first-order valence-electron chi connectivity index (χ1n) is 4.11. The van der Waals surface area contributed by atoms with Crippen LogP contribution < -0.4 is 0 Å². The second kappa shape index (κ2) is 3.18. The van der Waals surface area contributed by atoms with Crippen molar-refractivity contribution in [2.45, 2.75) is 6.18 Å². The van der Waals surface area contributed by atoms with Crippen molar-refractivity contribution in [1.29, 1.82) is 0 Å². The summed E-state index contributed by atoms with van der Waals surface area (Å²) in [5.41, 5.74) is -1.01. The standard InChI is InChI=1S/C10H5F4N/c11-7-2-1-3-8-6(7)4-5-9(15-8)10(12,13)14/h1-5H. The molecule has 2 rings (SSSR count). The molecule has 0 unspecified atom stereocenters. The van der Waals surface area contributed by atoms with Crippen LogP contribution >= 0.6 is 0 Å². The van der Waals surface area contributed by atoms with E-state index in [0.717, 1.165) is 12.1 Å². The Balaban J connectivity index is 2.68. The van der Waals surface area contributed by atoms with Crippen molar-refractivity contribution in [3.63, 3.8) is 0 Å². The van der Waals surface area contributed by atoms with Gasteiger partial charge in [0.2, 0.25) is 0 Å². The molecule has 0 aliphatic carbocycles. The van der Waals surface area contributed by atoms with Crippen molar-refractivity contribution in [2.24, 2.45) is 0 Å². The van der Waals surface area contributed by atoms with Gasteiger partial charge in [0.15, 0.2) is 0 Å². The number of aromatic nitrogens is 1. The largest absolute Gasteiger partial charge is 0.433 e. The molecule has 0 aliphatic rings. The Morgan fingerprint density at radius 1 is 1.00 bits per heavy atom. The Bertz CT molecular complexity index is 504. The van der Waals surface area contributed by atoms with Gasteiger partial charge in [-0.2, -0.15) is 13.2 Å². The maximum atomic E-state index is 13.1. The van der Waals surface area contributed by atoms with Gasteiger partial charge in [0.1, 0.15) is 11.5 Å². The predicted molar refractivity (Wildman–Crippen MR) is 46.7 cm³/mol. The molecule has 5 heteroatoms.